The van der Waals surface area contributed by atoms with Crippen LogP contribution in [-0.2, 0) is 9.53 Å². The van der Waals surface area contributed by atoms with Gasteiger partial charge in [-0.05, 0) is 38.8 Å². The minimum Gasteiger partial charge on any atom is -0.480 e. The Kier molecular flexibility index (Phi) is 6.61. The van der Waals surface area contributed by atoms with Gasteiger partial charge in [0.2, 0.25) is 0 Å². The summed E-state index contributed by atoms with van der Waals surface area (Å²) in [5.74, 6) is -1.07. The number of hydrogen-bond acceptors (Lipinski definition) is 4. The molecule has 1 heterocycles. The van der Waals surface area contributed by atoms with Crippen molar-refractivity contribution in [1.29, 1.82) is 0 Å². The number of nitrogens with zero attached hydrogens (tertiary/aromatic N) is 1. The molecule has 7 heteroatoms. The number of amides is 2. The van der Waals surface area contributed by atoms with Crippen molar-refractivity contribution in [2.24, 2.45) is 0 Å². The topological polar surface area (TPSA) is 101 Å². The van der Waals surface area contributed by atoms with Gasteiger partial charge in [0, 0.05) is 19.4 Å². The van der Waals surface area contributed by atoms with Crippen molar-refractivity contribution in [2.75, 3.05) is 19.0 Å². The number of urea groups is 1. The fourth-order valence-electron chi connectivity index (χ4n) is 1.82. The minimum atomic E-state index is -1.07. The van der Waals surface area contributed by atoms with Crippen LogP contribution < -0.4 is 10.6 Å². The van der Waals surface area contributed by atoms with Crippen molar-refractivity contribution in [3.63, 3.8) is 0 Å². The monoisotopic (exact) mass is 295 g/mol. The molecule has 0 bridgehead atoms. The van der Waals surface area contributed by atoms with Crippen molar-refractivity contribution < 1.29 is 19.4 Å². The number of aromatic nitrogens is 1. The molecule has 0 radical (unpaired) electrons. The fraction of sp³-hybridized carbons (Fsp3) is 0.500. The van der Waals surface area contributed by atoms with Gasteiger partial charge in [-0.15, -0.1) is 0 Å². The van der Waals surface area contributed by atoms with Crippen molar-refractivity contribution in [2.45, 2.75) is 32.7 Å². The molecular formula is C14H21N3O4. The van der Waals surface area contributed by atoms with E-state index in [0.717, 1.165) is 5.69 Å². The van der Waals surface area contributed by atoms with E-state index in [1.807, 2.05) is 6.92 Å². The standard InChI is InChI=1S/C14H21N3O4/c1-9-6-7-11(10(2)15-9)16-14(20)17-12(13(18)19)5-4-8-21-3/h6-7,12H,4-5,8H2,1-3H3,(H,18,19)(H2,16,17,20). The van der Waals surface area contributed by atoms with Gasteiger partial charge in [-0.1, -0.05) is 0 Å². The summed E-state index contributed by atoms with van der Waals surface area (Å²) in [6.07, 6.45) is 0.862. The summed E-state index contributed by atoms with van der Waals surface area (Å²) in [5, 5.41) is 14.1. The van der Waals surface area contributed by atoms with Crippen LogP contribution in [0.15, 0.2) is 12.1 Å². The average molecular weight is 295 g/mol. The highest BCUT2D eigenvalue weighted by Gasteiger charge is 2.19. The van der Waals surface area contributed by atoms with E-state index in [-0.39, 0.29) is 0 Å². The van der Waals surface area contributed by atoms with Gasteiger partial charge in [0.15, 0.2) is 0 Å². The van der Waals surface area contributed by atoms with E-state index < -0.39 is 18.0 Å². The molecule has 2 amide bonds. The molecule has 1 unspecified atom stereocenters. The number of anilines is 1. The Bertz CT molecular complexity index is 505. The van der Waals surface area contributed by atoms with E-state index in [1.54, 1.807) is 26.2 Å². The quantitative estimate of drug-likeness (QED) is 0.665. The number of rotatable bonds is 7. The number of pyridine rings is 1. The summed E-state index contributed by atoms with van der Waals surface area (Å²) in [6.45, 7) is 4.08. The molecule has 1 rings (SSSR count). The summed E-state index contributed by atoms with van der Waals surface area (Å²) >= 11 is 0. The Balaban J connectivity index is 2.59. The number of ether oxygens (including phenoxy) is 1. The molecule has 0 saturated heterocycles. The molecule has 0 aliphatic rings. The van der Waals surface area contributed by atoms with E-state index in [4.69, 9.17) is 9.84 Å². The van der Waals surface area contributed by atoms with Gasteiger partial charge in [-0.2, -0.15) is 0 Å². The van der Waals surface area contributed by atoms with Crippen LogP contribution in [0.4, 0.5) is 10.5 Å². The Hall–Kier alpha value is -2.15. The second-order valence-corrected chi connectivity index (χ2v) is 4.71. The first kappa shape index (κ1) is 16.9. The number of carbonyl (C=O) groups is 2. The lowest BCUT2D eigenvalue weighted by molar-refractivity contribution is -0.139. The van der Waals surface area contributed by atoms with Crippen LogP contribution in [0.2, 0.25) is 0 Å². The van der Waals surface area contributed by atoms with Crippen LogP contribution in [-0.4, -0.2) is 41.8 Å². The molecule has 116 valence electrons. The van der Waals surface area contributed by atoms with E-state index in [0.29, 0.717) is 30.8 Å². The maximum absolute atomic E-state index is 11.9. The van der Waals surface area contributed by atoms with Crippen LogP contribution in [0.1, 0.15) is 24.2 Å². The molecule has 0 aliphatic heterocycles. The van der Waals surface area contributed by atoms with Crippen LogP contribution in [0, 0.1) is 13.8 Å². The number of hydrogen-bond donors (Lipinski definition) is 3. The molecule has 0 fully saturated rings. The Labute approximate surface area is 123 Å². The van der Waals surface area contributed by atoms with Crippen molar-refractivity contribution in [3.8, 4) is 0 Å². The first-order valence-corrected chi connectivity index (χ1v) is 6.67. The first-order chi connectivity index (χ1) is 9.93. The molecule has 1 aromatic heterocycles. The number of methoxy groups -OCH3 is 1. The molecule has 0 aliphatic carbocycles. The largest absolute Gasteiger partial charge is 0.480 e. The summed E-state index contributed by atoms with van der Waals surface area (Å²) in [7, 11) is 1.54. The van der Waals surface area contributed by atoms with Crippen molar-refractivity contribution >= 4 is 17.7 Å². The highest BCUT2D eigenvalue weighted by molar-refractivity contribution is 5.92. The average Bonchev–Trinajstić information content (AvgIpc) is 2.41. The second-order valence-electron chi connectivity index (χ2n) is 4.71. The lowest BCUT2D eigenvalue weighted by Gasteiger charge is -2.15. The number of carboxylic acids is 1. The third-order valence-corrected chi connectivity index (χ3v) is 2.92. The summed E-state index contributed by atoms with van der Waals surface area (Å²) in [4.78, 5) is 27.2. The second kappa shape index (κ2) is 8.21. The summed E-state index contributed by atoms with van der Waals surface area (Å²) < 4.78 is 4.87. The molecule has 21 heavy (non-hydrogen) atoms. The predicted octanol–water partition coefficient (Wildman–Crippen LogP) is 1.70. The lowest BCUT2D eigenvalue weighted by atomic mass is 10.1. The third-order valence-electron chi connectivity index (χ3n) is 2.92. The smallest absolute Gasteiger partial charge is 0.326 e. The summed E-state index contributed by atoms with van der Waals surface area (Å²) in [5.41, 5.74) is 2.08. The number of nitrogens with one attached hydrogen (secondary N) is 2. The van der Waals surface area contributed by atoms with Crippen molar-refractivity contribution in [1.82, 2.24) is 10.3 Å². The molecular weight excluding hydrogens is 274 g/mol. The van der Waals surface area contributed by atoms with E-state index in [2.05, 4.69) is 15.6 Å². The predicted molar refractivity (Wildman–Crippen MR) is 78.4 cm³/mol. The molecule has 0 saturated carbocycles. The zero-order chi connectivity index (χ0) is 15.8. The molecule has 0 spiro atoms. The third kappa shape index (κ3) is 5.78. The minimum absolute atomic E-state index is 0.307. The van der Waals surface area contributed by atoms with Crippen LogP contribution >= 0.6 is 0 Å². The lowest BCUT2D eigenvalue weighted by Crippen LogP contribution is -2.43. The number of carbonyl (C=O) groups excluding carboxylic acids is 1. The normalized spacial score (nSPS) is 11.8. The molecule has 3 N–H and O–H groups in total. The van der Waals surface area contributed by atoms with Gasteiger partial charge in [0.25, 0.3) is 0 Å². The maximum atomic E-state index is 11.9. The van der Waals surface area contributed by atoms with Crippen molar-refractivity contribution in [3.05, 3.63) is 23.5 Å². The molecule has 1 aromatic rings. The SMILES string of the molecule is COCCCC(NC(=O)Nc1ccc(C)nc1C)C(=O)O. The molecule has 0 aromatic carbocycles. The maximum Gasteiger partial charge on any atom is 0.326 e. The summed E-state index contributed by atoms with van der Waals surface area (Å²) in [6, 6.07) is 2.00. The Morgan fingerprint density at radius 1 is 1.38 bits per heavy atom. The van der Waals surface area contributed by atoms with Gasteiger partial charge in [-0.25, -0.2) is 9.59 Å². The highest BCUT2D eigenvalue weighted by atomic mass is 16.5. The highest BCUT2D eigenvalue weighted by Crippen LogP contribution is 2.12. The first-order valence-electron chi connectivity index (χ1n) is 6.67. The fourth-order valence-corrected chi connectivity index (χ4v) is 1.82. The Morgan fingerprint density at radius 3 is 2.67 bits per heavy atom. The zero-order valence-electron chi connectivity index (χ0n) is 12.5. The van der Waals surface area contributed by atoms with E-state index in [1.165, 1.54) is 0 Å². The van der Waals surface area contributed by atoms with Gasteiger partial charge < -0.3 is 20.5 Å². The van der Waals surface area contributed by atoms with Gasteiger partial charge in [-0.3, -0.25) is 4.98 Å². The number of aryl methyl sites for hydroxylation is 2. The van der Waals surface area contributed by atoms with E-state index >= 15 is 0 Å². The van der Waals surface area contributed by atoms with Gasteiger partial charge in [0.05, 0.1) is 11.4 Å². The van der Waals surface area contributed by atoms with Crippen LogP contribution in [0.5, 0.6) is 0 Å². The van der Waals surface area contributed by atoms with Crippen LogP contribution in [0.25, 0.3) is 0 Å². The van der Waals surface area contributed by atoms with Crippen LogP contribution in [0.3, 0.4) is 0 Å². The molecule has 1 atom stereocenters. The zero-order valence-corrected chi connectivity index (χ0v) is 12.5. The number of carboxylic acid groups (broad SMARTS) is 1. The van der Waals surface area contributed by atoms with Gasteiger partial charge in [0.1, 0.15) is 6.04 Å². The molecule has 7 nitrogen and oxygen atoms in total. The number of aliphatic carboxylic acids is 1. The van der Waals surface area contributed by atoms with Gasteiger partial charge >= 0.3 is 12.0 Å². The Morgan fingerprint density at radius 2 is 2.10 bits per heavy atom. The van der Waals surface area contributed by atoms with E-state index in [9.17, 15) is 9.59 Å².